The Balaban J connectivity index is -0.000000779. The van der Waals surface area contributed by atoms with Crippen LogP contribution in [-0.2, 0) is 86.5 Å². The molecule has 356 valence electrons. The van der Waals surface area contributed by atoms with E-state index in [4.69, 9.17) is 94.5 Å². The maximum absolute atomic E-state index is 8.49. The summed E-state index contributed by atoms with van der Waals surface area (Å²) in [4.78, 5) is 28.0. The van der Waals surface area contributed by atoms with Crippen molar-refractivity contribution in [3.05, 3.63) is 118 Å². The maximum atomic E-state index is 8.49. The molecule has 25 nitrogen and oxygen atoms in total. The van der Waals surface area contributed by atoms with Gasteiger partial charge in [-0.15, -0.1) is 41.0 Å². The van der Waals surface area contributed by atoms with E-state index in [1.54, 1.807) is 0 Å². The van der Waals surface area contributed by atoms with Crippen LogP contribution in [-0.4, -0.2) is 73.2 Å². The van der Waals surface area contributed by atoms with Crippen molar-refractivity contribution in [2.75, 3.05) is 28.2 Å². The monoisotopic (exact) mass is 1060 g/mol. The largest absolute Gasteiger partial charge is 2.00 e. The summed E-state index contributed by atoms with van der Waals surface area (Å²) in [5.74, 6) is 0. The molecule has 6 heterocycles. The summed E-state index contributed by atoms with van der Waals surface area (Å²) in [5.41, 5.74) is 8.96. The first-order valence-corrected chi connectivity index (χ1v) is 21.3. The zero-order chi connectivity index (χ0) is 45.9. The Hall–Kier alpha value is -2.04. The van der Waals surface area contributed by atoms with Gasteiger partial charge in [0.25, 0.3) is 0 Å². The molecule has 8 bridgehead atoms. The molecule has 0 saturated heterocycles. The summed E-state index contributed by atoms with van der Waals surface area (Å²) >= 11 is 0. The Morgan fingerprint density at radius 3 is 0.492 bits per heavy atom. The summed E-state index contributed by atoms with van der Waals surface area (Å²) in [6.45, 7) is 6.81. The Morgan fingerprint density at radius 1 is 0.302 bits per heavy atom. The SMILES string of the molecule is CN1Cc2cccc(n2)CN(C)Cc2cccc(n2)C1.CN1Cc2cccc(n2)CN(C)Cc2cccc(n2)C1.O.[Fe+2].[Fe+2].[O-][Cl+3]([O-])([O-])[O-].[O-][Cl+3]([O-])([O-])[O-].[O-][Cl+3]([O-])([O-])[O-].[O-][Cl+3]([O-])([O-])[O-]. The van der Waals surface area contributed by atoms with Crippen molar-refractivity contribution < 1.29 is 155 Å². The first-order valence-electron chi connectivity index (χ1n) is 16.4. The van der Waals surface area contributed by atoms with Crippen LogP contribution in [0.25, 0.3) is 0 Å². The number of rotatable bonds is 0. The third kappa shape index (κ3) is 41.2. The Kier molecular flexibility index (Phi) is 32.1. The van der Waals surface area contributed by atoms with Gasteiger partial charge in [-0.1, -0.05) is 24.3 Å². The van der Waals surface area contributed by atoms with Gasteiger partial charge in [-0.2, -0.15) is 0 Å². The van der Waals surface area contributed by atoms with E-state index >= 15 is 0 Å². The van der Waals surface area contributed by atoms with Crippen molar-refractivity contribution in [2.45, 2.75) is 52.4 Å². The van der Waals surface area contributed by atoms with Crippen LogP contribution in [0.2, 0.25) is 0 Å². The van der Waals surface area contributed by atoms with E-state index in [0.717, 1.165) is 97.9 Å². The van der Waals surface area contributed by atoms with Crippen molar-refractivity contribution in [1.29, 1.82) is 0 Å². The quantitative estimate of drug-likeness (QED) is 0.148. The van der Waals surface area contributed by atoms with Crippen LogP contribution < -0.4 is 74.5 Å². The first-order chi connectivity index (χ1) is 27.4. The molecule has 31 heteroatoms. The average molecular weight is 1060 g/mol. The number of nitrogens with zero attached hydrogens (tertiary/aromatic N) is 8. The second-order valence-electron chi connectivity index (χ2n) is 12.7. The van der Waals surface area contributed by atoms with Gasteiger partial charge in [-0.3, -0.25) is 39.5 Å². The molecule has 2 N–H and O–H groups in total. The standard InChI is InChI=1S/2C16H20N4.4ClHO4.2Fe.H2O/c2*1-19-9-13-5-3-7-15(17-13)11-20(2)12-16-8-4-6-14(10-19)18-16;4*2-1(3,4)5;;;/h2*3-8H,9-12H2,1-2H3;4*(H,2,3,4,5);;;1H2/q;;;;;;2*+2;/p-4. The van der Waals surface area contributed by atoms with Gasteiger partial charge in [0, 0.05) is 52.4 Å². The molecule has 2 aliphatic rings. The normalized spacial score (nSPS) is 14.8. The van der Waals surface area contributed by atoms with Gasteiger partial charge in [0.2, 0.25) is 0 Å². The Labute approximate surface area is 391 Å². The topological polar surface area (TPSA) is 465 Å². The minimum Gasteiger partial charge on any atom is -0.412 e. The van der Waals surface area contributed by atoms with E-state index in [1.165, 1.54) is 0 Å². The molecule has 4 aromatic heterocycles. The van der Waals surface area contributed by atoms with E-state index in [0.29, 0.717) is 0 Å². The van der Waals surface area contributed by atoms with Crippen LogP contribution in [0.1, 0.15) is 45.6 Å². The van der Waals surface area contributed by atoms with Crippen LogP contribution in [0.3, 0.4) is 0 Å². The third-order valence-electron chi connectivity index (χ3n) is 6.91. The molecule has 0 fully saturated rings. The second kappa shape index (κ2) is 31.0. The number of hydrogen-bond acceptors (Lipinski definition) is 24. The summed E-state index contributed by atoms with van der Waals surface area (Å²) in [7, 11) is -11.3. The summed E-state index contributed by atoms with van der Waals surface area (Å²) in [6.07, 6.45) is 0. The number of aromatic nitrogens is 4. The van der Waals surface area contributed by atoms with Crippen molar-refractivity contribution in [2.24, 2.45) is 0 Å². The van der Waals surface area contributed by atoms with E-state index < -0.39 is 41.0 Å². The third-order valence-corrected chi connectivity index (χ3v) is 6.91. The van der Waals surface area contributed by atoms with E-state index in [-0.39, 0.29) is 39.6 Å². The Morgan fingerprint density at radius 2 is 0.397 bits per heavy atom. The van der Waals surface area contributed by atoms with Gasteiger partial charge in [0.15, 0.2) is 0 Å². The fourth-order valence-corrected chi connectivity index (χ4v) is 5.26. The van der Waals surface area contributed by atoms with Gasteiger partial charge in [-0.25, -0.2) is 74.5 Å². The maximum Gasteiger partial charge on any atom is 2.00 e. The van der Waals surface area contributed by atoms with Gasteiger partial charge >= 0.3 is 34.1 Å². The predicted octanol–water partition coefficient (Wildman–Crippen LogP) is -15.7. The molecule has 0 saturated carbocycles. The van der Waals surface area contributed by atoms with Gasteiger partial charge in [0.1, 0.15) is 0 Å². The van der Waals surface area contributed by atoms with Crippen molar-refractivity contribution >= 4 is 0 Å². The number of pyridine rings is 4. The fraction of sp³-hybridized carbons (Fsp3) is 0.375. The minimum atomic E-state index is -4.94. The van der Waals surface area contributed by atoms with Crippen LogP contribution in [0, 0.1) is 41.0 Å². The molecule has 0 amide bonds. The zero-order valence-electron chi connectivity index (χ0n) is 33.4. The smallest absolute Gasteiger partial charge is 0.412 e. The molecule has 0 unspecified atom stereocenters. The molecule has 0 aromatic carbocycles. The molecular weight excluding hydrogens is 1020 g/mol. The summed E-state index contributed by atoms with van der Waals surface area (Å²) in [5, 5.41) is 0. The second-order valence-corrected chi connectivity index (χ2v) is 15.7. The summed E-state index contributed by atoms with van der Waals surface area (Å²) < 4.78 is 136. The molecule has 4 aromatic rings. The first kappa shape index (κ1) is 65.2. The van der Waals surface area contributed by atoms with Crippen LogP contribution in [0.15, 0.2) is 72.8 Å². The minimum absolute atomic E-state index is 0. The average Bonchev–Trinajstić information content (AvgIpc) is 3.02. The molecule has 0 aliphatic carbocycles. The zero-order valence-corrected chi connectivity index (χ0v) is 38.6. The van der Waals surface area contributed by atoms with Crippen molar-refractivity contribution in [1.82, 2.24) is 39.5 Å². The van der Waals surface area contributed by atoms with Crippen LogP contribution >= 0.6 is 0 Å². The Bertz CT molecular complexity index is 1480. The van der Waals surface area contributed by atoms with Crippen LogP contribution in [0.5, 0.6) is 0 Å². The number of fused-ring (bicyclic) bond motifs is 8. The molecular formula is C32H42Cl4Fe2N8O17. The van der Waals surface area contributed by atoms with E-state index in [1.807, 2.05) is 0 Å². The number of hydrogen-bond donors (Lipinski definition) is 0. The molecule has 0 atom stereocenters. The van der Waals surface area contributed by atoms with E-state index in [2.05, 4.69) is 121 Å². The van der Waals surface area contributed by atoms with Crippen molar-refractivity contribution in [3.8, 4) is 0 Å². The summed E-state index contributed by atoms with van der Waals surface area (Å²) in [6, 6.07) is 25.1. The molecule has 6 rings (SSSR count). The molecule has 0 spiro atoms. The van der Waals surface area contributed by atoms with Crippen molar-refractivity contribution in [3.63, 3.8) is 0 Å². The molecule has 63 heavy (non-hydrogen) atoms. The van der Waals surface area contributed by atoms with Crippen LogP contribution in [0.4, 0.5) is 0 Å². The van der Waals surface area contributed by atoms with Gasteiger partial charge < -0.3 is 5.48 Å². The predicted molar refractivity (Wildman–Crippen MR) is 161 cm³/mol. The fourth-order valence-electron chi connectivity index (χ4n) is 5.26. The van der Waals surface area contributed by atoms with Gasteiger partial charge in [0.05, 0.1) is 45.6 Å². The number of halogens is 4. The van der Waals surface area contributed by atoms with Gasteiger partial charge in [-0.05, 0) is 76.7 Å². The molecule has 2 aliphatic heterocycles. The molecule has 0 radical (unpaired) electrons. The van der Waals surface area contributed by atoms with E-state index in [9.17, 15) is 0 Å².